The number of halogens is 2. The molecule has 17 nitrogen and oxygen atoms in total. The van der Waals surface area contributed by atoms with Gasteiger partial charge in [-0.15, -0.1) is 0 Å². The van der Waals surface area contributed by atoms with Crippen LogP contribution in [0, 0.1) is 0 Å². The molecule has 3 heterocycles. The van der Waals surface area contributed by atoms with E-state index in [1.54, 1.807) is 0 Å². The van der Waals surface area contributed by atoms with Gasteiger partial charge in [0, 0.05) is 61.8 Å². The fourth-order valence-corrected chi connectivity index (χ4v) is 8.72. The number of amides is 5. The molecule has 0 bridgehead atoms. The number of hydrogen-bond donors (Lipinski definition) is 8. The third-order valence-electron chi connectivity index (χ3n) is 11.6. The Labute approximate surface area is 368 Å². The number of aromatic amines is 1. The van der Waals surface area contributed by atoms with E-state index in [1.807, 2.05) is 65.6 Å². The highest BCUT2D eigenvalue weighted by Crippen LogP contribution is 2.59. The zero-order chi connectivity index (χ0) is 46.0. The number of carbonyl (C=O) groups excluding carboxylic acids is 5. The predicted molar refractivity (Wildman–Crippen MR) is 233 cm³/mol. The molecule has 2 fully saturated rings. The zero-order valence-corrected chi connectivity index (χ0v) is 36.1. The van der Waals surface area contributed by atoms with Crippen LogP contribution in [0.25, 0.3) is 10.9 Å². The summed E-state index contributed by atoms with van der Waals surface area (Å²) >= 11 is 0. The number of ether oxygens (including phenoxy) is 1. The monoisotopic (exact) mass is 908 g/mol. The van der Waals surface area contributed by atoms with Crippen molar-refractivity contribution in [3.63, 3.8) is 0 Å². The number of nitrogens with two attached hydrogens (primary N) is 2. The van der Waals surface area contributed by atoms with Gasteiger partial charge in [-0.05, 0) is 74.4 Å². The average molecular weight is 909 g/mol. The van der Waals surface area contributed by atoms with Crippen molar-refractivity contribution < 1.29 is 51.8 Å². The topological polar surface area (TPSA) is 263 Å². The molecule has 0 spiro atoms. The van der Waals surface area contributed by atoms with Crippen molar-refractivity contribution >= 4 is 48.0 Å². The Balaban J connectivity index is 1.23. The molecule has 4 aromatic rings. The number of benzene rings is 3. The second-order valence-electron chi connectivity index (χ2n) is 16.1. The molecule has 6 rings (SSSR count). The fraction of sp³-hybridized carbons (Fsp3) is 0.432. The van der Waals surface area contributed by atoms with Crippen molar-refractivity contribution in [1.82, 2.24) is 30.7 Å². The van der Waals surface area contributed by atoms with Crippen LogP contribution in [0.1, 0.15) is 78.2 Å². The molecule has 2 aliphatic heterocycles. The highest BCUT2D eigenvalue weighted by Gasteiger charge is 2.50. The molecule has 1 aromatic heterocycles. The first-order valence-electron chi connectivity index (χ1n) is 21.3. The minimum absolute atomic E-state index is 0.0494. The lowest BCUT2D eigenvalue weighted by molar-refractivity contribution is -0.144. The van der Waals surface area contributed by atoms with Gasteiger partial charge < -0.3 is 56.7 Å². The largest absolute Gasteiger partial charge is 0.399 e. The standard InChI is InChI=1S/C44H55F2N8O9P/c45-44(46,64(60,61)62)31-13-15-33-30(25-31)26-35(49-33)41(57)51-36-27-53(21-8-24-63-23-7-20-47)22-19-32-14-17-37(54(32)43(36)59)42(58)50-34(16-18-38(48)55)40(56)52-39(28-9-3-1-4-10-28)29-11-5-2-6-12-29/h1-6,9-13,15,25-26,32,34,36-37,39,49H,7-8,14,16-24,27,47H2,(H2,48,55)(H,50,58)(H,51,57)(H,52,56)(H2,60,61,62)/t32-,34+,36?,37+/m1/s1. The van der Waals surface area contributed by atoms with E-state index in [9.17, 15) is 47.1 Å². The fourth-order valence-electron chi connectivity index (χ4n) is 8.25. The Morgan fingerprint density at radius 2 is 1.59 bits per heavy atom. The first-order valence-corrected chi connectivity index (χ1v) is 22.9. The first kappa shape index (κ1) is 47.9. The molecule has 1 unspecified atom stereocenters. The molecule has 3 aromatic carbocycles. The second kappa shape index (κ2) is 21.4. The minimum atomic E-state index is -5.86. The van der Waals surface area contributed by atoms with Crippen molar-refractivity contribution in [2.75, 3.05) is 39.4 Å². The van der Waals surface area contributed by atoms with Crippen LogP contribution in [-0.2, 0) is 34.1 Å². The lowest BCUT2D eigenvalue weighted by Gasteiger charge is -2.39. The van der Waals surface area contributed by atoms with Crippen LogP contribution in [0.3, 0.4) is 0 Å². The molecular formula is C44H55F2N8O9P. The van der Waals surface area contributed by atoms with Crippen LogP contribution in [0.15, 0.2) is 84.9 Å². The molecule has 344 valence electrons. The van der Waals surface area contributed by atoms with E-state index in [-0.39, 0.29) is 42.4 Å². The van der Waals surface area contributed by atoms with E-state index >= 15 is 0 Å². The summed E-state index contributed by atoms with van der Waals surface area (Å²) in [4.78, 5) is 93.8. The summed E-state index contributed by atoms with van der Waals surface area (Å²) in [6.07, 6.45) is 2.22. The van der Waals surface area contributed by atoms with Gasteiger partial charge >= 0.3 is 13.3 Å². The molecule has 0 radical (unpaired) electrons. The maximum atomic E-state index is 14.7. The number of rotatable bonds is 20. The van der Waals surface area contributed by atoms with Gasteiger partial charge in [0.05, 0.1) is 6.04 Å². The van der Waals surface area contributed by atoms with E-state index in [1.165, 1.54) is 17.0 Å². The summed E-state index contributed by atoms with van der Waals surface area (Å²) in [6.45, 7) is 2.51. The van der Waals surface area contributed by atoms with Crippen molar-refractivity contribution in [3.8, 4) is 0 Å². The number of carbonyl (C=O) groups is 5. The molecule has 2 aliphatic rings. The van der Waals surface area contributed by atoms with Gasteiger partial charge in [0.2, 0.25) is 23.6 Å². The lowest BCUT2D eigenvalue weighted by Crippen LogP contribution is -2.61. The predicted octanol–water partition coefficient (Wildman–Crippen LogP) is 2.97. The normalized spacial score (nSPS) is 18.9. The van der Waals surface area contributed by atoms with Crippen molar-refractivity contribution in [2.45, 2.75) is 80.8 Å². The van der Waals surface area contributed by atoms with Gasteiger partial charge in [0.15, 0.2) is 0 Å². The SMILES string of the molecule is NCCCOCCCN1CC[C@H]2CC[C@@H](C(=O)N[C@@H](CCC(N)=O)C(=O)NC(c3ccccc3)c3ccccc3)N2C(=O)C(NC(=O)c2cc3cc(C(F)(F)P(=O)(O)O)ccc3[nH]2)C1. The van der Waals surface area contributed by atoms with E-state index < -0.39 is 78.6 Å². The van der Waals surface area contributed by atoms with Gasteiger partial charge in [-0.3, -0.25) is 28.5 Å². The second-order valence-corrected chi connectivity index (χ2v) is 17.8. The minimum Gasteiger partial charge on any atom is -0.381 e. The van der Waals surface area contributed by atoms with Gasteiger partial charge in [0.25, 0.3) is 5.91 Å². The van der Waals surface area contributed by atoms with E-state index in [0.717, 1.165) is 23.3 Å². The first-order chi connectivity index (χ1) is 30.6. The van der Waals surface area contributed by atoms with Gasteiger partial charge in [-0.1, -0.05) is 66.7 Å². The van der Waals surface area contributed by atoms with Crippen LogP contribution in [0.4, 0.5) is 8.78 Å². The Hall–Kier alpha value is -5.56. The highest BCUT2D eigenvalue weighted by molar-refractivity contribution is 7.52. The third kappa shape index (κ3) is 11.8. The maximum Gasteiger partial charge on any atom is 0.399 e. The Kier molecular flexibility index (Phi) is 16.0. The van der Waals surface area contributed by atoms with Crippen LogP contribution in [0.2, 0.25) is 0 Å². The van der Waals surface area contributed by atoms with Crippen LogP contribution < -0.4 is 27.4 Å². The summed E-state index contributed by atoms with van der Waals surface area (Å²) < 4.78 is 46.3. The van der Waals surface area contributed by atoms with Gasteiger partial charge in [-0.2, -0.15) is 8.78 Å². The summed E-state index contributed by atoms with van der Waals surface area (Å²) in [5, 5.41) is 8.69. The van der Waals surface area contributed by atoms with E-state index in [4.69, 9.17) is 16.2 Å². The quantitative estimate of drug-likeness (QED) is 0.0472. The summed E-state index contributed by atoms with van der Waals surface area (Å²) in [6, 6.07) is 18.2. The molecular weight excluding hydrogens is 854 g/mol. The van der Waals surface area contributed by atoms with Gasteiger partial charge in [-0.25, -0.2) is 0 Å². The number of primary amides is 1. The smallest absolute Gasteiger partial charge is 0.381 e. The van der Waals surface area contributed by atoms with Crippen LogP contribution in [-0.4, -0.2) is 118 Å². The van der Waals surface area contributed by atoms with Crippen molar-refractivity contribution in [2.24, 2.45) is 11.5 Å². The molecule has 0 aliphatic carbocycles. The maximum absolute atomic E-state index is 14.7. The van der Waals surface area contributed by atoms with E-state index in [2.05, 4.69) is 20.9 Å². The lowest BCUT2D eigenvalue weighted by atomic mass is 9.98. The van der Waals surface area contributed by atoms with Crippen LogP contribution >= 0.6 is 7.60 Å². The summed E-state index contributed by atoms with van der Waals surface area (Å²) in [7, 11) is -5.86. The van der Waals surface area contributed by atoms with Gasteiger partial charge in [0.1, 0.15) is 23.8 Å². The molecule has 0 saturated carbocycles. The Morgan fingerprint density at radius 3 is 2.23 bits per heavy atom. The molecule has 2 saturated heterocycles. The molecule has 4 atom stereocenters. The number of fused-ring (bicyclic) bond motifs is 2. The molecule has 10 N–H and O–H groups in total. The molecule has 5 amide bonds. The number of alkyl halides is 2. The number of nitrogens with one attached hydrogen (secondary N) is 4. The zero-order valence-electron chi connectivity index (χ0n) is 35.2. The number of nitrogens with zero attached hydrogens (tertiary/aromatic N) is 2. The van der Waals surface area contributed by atoms with E-state index in [0.29, 0.717) is 58.5 Å². The third-order valence-corrected chi connectivity index (χ3v) is 12.6. The average Bonchev–Trinajstić information content (AvgIpc) is 3.91. The number of hydrogen-bond acceptors (Lipinski definition) is 9. The Morgan fingerprint density at radius 1 is 0.922 bits per heavy atom. The van der Waals surface area contributed by atoms with Crippen molar-refractivity contribution in [1.29, 1.82) is 0 Å². The summed E-state index contributed by atoms with van der Waals surface area (Å²) in [5.74, 6) is -3.17. The highest BCUT2D eigenvalue weighted by atomic mass is 31.2. The molecule has 20 heteroatoms. The Bertz CT molecular complexity index is 2280. The van der Waals surface area contributed by atoms with Crippen LogP contribution in [0.5, 0.6) is 0 Å². The summed E-state index contributed by atoms with van der Waals surface area (Å²) in [5.41, 5.74) is 7.33. The van der Waals surface area contributed by atoms with Crippen molar-refractivity contribution in [3.05, 3.63) is 107 Å². The molecule has 64 heavy (non-hydrogen) atoms. The number of H-pyrrole nitrogens is 1. The number of aromatic nitrogens is 1.